The van der Waals surface area contributed by atoms with Crippen LogP contribution in [0.25, 0.3) is 0 Å². The topological polar surface area (TPSA) is 46.3 Å². The molecule has 0 spiro atoms. The van der Waals surface area contributed by atoms with Gasteiger partial charge >= 0.3 is 0 Å². The van der Waals surface area contributed by atoms with Crippen LogP contribution in [0.5, 0.6) is 0 Å². The maximum Gasteiger partial charge on any atom is 0.196 e. The molecule has 2 N–H and O–H groups in total. The van der Waals surface area contributed by atoms with Crippen molar-refractivity contribution in [3.05, 3.63) is 87.3 Å². The molecule has 2 aliphatic rings. The van der Waals surface area contributed by atoms with E-state index in [4.69, 9.17) is 5.73 Å². The summed E-state index contributed by atoms with van der Waals surface area (Å²) in [6.07, 6.45) is 0. The van der Waals surface area contributed by atoms with Crippen molar-refractivity contribution < 1.29 is 4.79 Å². The molecule has 0 radical (unpaired) electrons. The van der Waals surface area contributed by atoms with Gasteiger partial charge in [-0.05, 0) is 16.7 Å². The largest absolute Gasteiger partial charge is 0.390 e. The van der Waals surface area contributed by atoms with Crippen LogP contribution < -0.4 is 5.73 Å². The number of nitrogens with zero attached hydrogens (tertiary/aromatic N) is 1. The molecule has 3 aromatic rings. The Morgan fingerprint density at radius 2 is 1.85 bits per heavy atom. The van der Waals surface area contributed by atoms with Crippen molar-refractivity contribution in [1.29, 1.82) is 0 Å². The Labute approximate surface area is 157 Å². The van der Waals surface area contributed by atoms with Gasteiger partial charge in [-0.1, -0.05) is 61.5 Å². The molecule has 0 saturated heterocycles. The Hall–Kier alpha value is -2.43. The van der Waals surface area contributed by atoms with Crippen LogP contribution in [0.1, 0.15) is 44.4 Å². The number of nitrogens with two attached hydrogens (primary N) is 1. The number of ketones is 1. The maximum atomic E-state index is 13.1. The van der Waals surface area contributed by atoms with Crippen molar-refractivity contribution in [1.82, 2.24) is 4.90 Å². The third kappa shape index (κ3) is 2.12. The second kappa shape index (κ2) is 5.53. The zero-order valence-corrected chi connectivity index (χ0v) is 15.5. The summed E-state index contributed by atoms with van der Waals surface area (Å²) in [5.74, 6) is 0.0876. The van der Waals surface area contributed by atoms with Gasteiger partial charge in [-0.25, -0.2) is 0 Å². The van der Waals surface area contributed by atoms with E-state index in [1.165, 1.54) is 16.0 Å². The van der Waals surface area contributed by atoms with Crippen molar-refractivity contribution in [2.75, 3.05) is 12.3 Å². The van der Waals surface area contributed by atoms with Crippen molar-refractivity contribution in [3.63, 3.8) is 0 Å². The molecule has 0 saturated carbocycles. The van der Waals surface area contributed by atoms with Crippen LogP contribution in [-0.2, 0) is 18.5 Å². The first kappa shape index (κ1) is 15.8. The van der Waals surface area contributed by atoms with Crippen LogP contribution in [0.3, 0.4) is 0 Å². The zero-order chi connectivity index (χ0) is 17.9. The second-order valence-corrected chi connectivity index (χ2v) is 8.61. The van der Waals surface area contributed by atoms with Gasteiger partial charge in [-0.3, -0.25) is 9.69 Å². The standard InChI is InChI=1S/C22H20N2OS/c1-22-13-24(11-14-7-3-2-4-8-14)12-17-19(22)18(21(23)26-17)20(25)15-9-5-6-10-16(15)22/h2-10H,11-13,23H2,1H3. The molecular formula is C22H20N2OS. The highest BCUT2D eigenvalue weighted by Crippen LogP contribution is 2.51. The maximum absolute atomic E-state index is 13.1. The zero-order valence-electron chi connectivity index (χ0n) is 14.7. The number of anilines is 1. The molecule has 4 heteroatoms. The first-order chi connectivity index (χ1) is 12.6. The minimum absolute atomic E-state index is 0.0876. The summed E-state index contributed by atoms with van der Waals surface area (Å²) in [5.41, 5.74) is 11.3. The van der Waals surface area contributed by atoms with Crippen molar-refractivity contribution in [2.24, 2.45) is 0 Å². The molecule has 3 nitrogen and oxygen atoms in total. The highest BCUT2D eigenvalue weighted by atomic mass is 32.1. The predicted molar refractivity (Wildman–Crippen MR) is 106 cm³/mol. The monoisotopic (exact) mass is 360 g/mol. The van der Waals surface area contributed by atoms with Gasteiger partial charge in [-0.2, -0.15) is 0 Å². The first-order valence-electron chi connectivity index (χ1n) is 8.90. The number of thiophene rings is 1. The van der Waals surface area contributed by atoms with Crippen LogP contribution in [-0.4, -0.2) is 17.2 Å². The third-order valence-electron chi connectivity index (χ3n) is 5.71. The second-order valence-electron chi connectivity index (χ2n) is 7.48. The van der Waals surface area contributed by atoms with E-state index < -0.39 is 0 Å². The van der Waals surface area contributed by atoms with Gasteiger partial charge in [0.25, 0.3) is 0 Å². The fraction of sp³-hybridized carbons (Fsp3) is 0.227. The SMILES string of the molecule is CC12CN(Cc3ccccc3)Cc3sc(N)c(c31)C(=O)c1ccccc12. The number of carbonyl (C=O) groups excluding carboxylic acids is 1. The number of hydrogen-bond acceptors (Lipinski definition) is 4. The highest BCUT2D eigenvalue weighted by Gasteiger charge is 2.47. The number of fused-ring (bicyclic) bond motifs is 2. The van der Waals surface area contributed by atoms with Gasteiger partial charge in [0.05, 0.1) is 10.6 Å². The summed E-state index contributed by atoms with van der Waals surface area (Å²) in [7, 11) is 0. The van der Waals surface area contributed by atoms with Gasteiger partial charge in [0, 0.05) is 35.5 Å². The number of rotatable bonds is 2. The van der Waals surface area contributed by atoms with E-state index in [9.17, 15) is 4.79 Å². The van der Waals surface area contributed by atoms with E-state index in [1.807, 2.05) is 24.3 Å². The van der Waals surface area contributed by atoms with Crippen LogP contribution in [0.2, 0.25) is 0 Å². The average molecular weight is 360 g/mol. The fourth-order valence-corrected chi connectivity index (χ4v) is 5.91. The number of nitrogen functional groups attached to an aromatic ring is 1. The van der Waals surface area contributed by atoms with E-state index in [1.54, 1.807) is 11.3 Å². The molecule has 1 aromatic heterocycles. The predicted octanol–water partition coefficient (Wildman–Crippen LogP) is 4.20. The lowest BCUT2D eigenvalue weighted by Crippen LogP contribution is -2.46. The summed E-state index contributed by atoms with van der Waals surface area (Å²) < 4.78 is 0. The molecule has 2 heterocycles. The van der Waals surface area contributed by atoms with Crippen LogP contribution in [0.4, 0.5) is 5.00 Å². The number of benzene rings is 2. The minimum atomic E-state index is -0.198. The van der Waals surface area contributed by atoms with Gasteiger partial charge in [0.1, 0.15) is 0 Å². The van der Waals surface area contributed by atoms with E-state index in [-0.39, 0.29) is 11.2 Å². The highest BCUT2D eigenvalue weighted by molar-refractivity contribution is 7.16. The van der Waals surface area contributed by atoms with Crippen LogP contribution in [0.15, 0.2) is 54.6 Å². The number of hydrogen-bond donors (Lipinski definition) is 1. The van der Waals surface area contributed by atoms with Crippen molar-refractivity contribution in [3.8, 4) is 0 Å². The quantitative estimate of drug-likeness (QED) is 0.745. The van der Waals surface area contributed by atoms with Crippen LogP contribution >= 0.6 is 11.3 Å². The lowest BCUT2D eigenvalue weighted by atomic mass is 9.66. The molecule has 1 atom stereocenters. The summed E-state index contributed by atoms with van der Waals surface area (Å²) in [4.78, 5) is 16.8. The molecule has 5 rings (SSSR count). The lowest BCUT2D eigenvalue weighted by molar-refractivity contribution is 0.102. The lowest BCUT2D eigenvalue weighted by Gasteiger charge is -2.44. The Kier molecular flexibility index (Phi) is 3.36. The summed E-state index contributed by atoms with van der Waals surface area (Å²) in [6, 6.07) is 18.6. The molecule has 0 amide bonds. The molecule has 1 aliphatic heterocycles. The first-order valence-corrected chi connectivity index (χ1v) is 9.71. The fourth-order valence-electron chi connectivity index (χ4n) is 4.67. The third-order valence-corrected chi connectivity index (χ3v) is 6.71. The van der Waals surface area contributed by atoms with E-state index in [0.29, 0.717) is 5.00 Å². The molecule has 130 valence electrons. The van der Waals surface area contributed by atoms with E-state index in [2.05, 4.69) is 42.2 Å². The molecule has 0 fully saturated rings. The Morgan fingerprint density at radius 3 is 2.65 bits per heavy atom. The van der Waals surface area contributed by atoms with Gasteiger partial charge in [0.2, 0.25) is 0 Å². The molecule has 1 unspecified atom stereocenters. The smallest absolute Gasteiger partial charge is 0.196 e. The summed E-state index contributed by atoms with van der Waals surface area (Å²) >= 11 is 1.59. The van der Waals surface area contributed by atoms with Gasteiger partial charge in [0.15, 0.2) is 5.78 Å². The van der Waals surface area contributed by atoms with E-state index >= 15 is 0 Å². The molecular weight excluding hydrogens is 340 g/mol. The molecule has 26 heavy (non-hydrogen) atoms. The minimum Gasteiger partial charge on any atom is -0.390 e. The van der Waals surface area contributed by atoms with Crippen molar-refractivity contribution >= 4 is 22.1 Å². The molecule has 1 aliphatic carbocycles. The number of carbonyl (C=O) groups is 1. The average Bonchev–Trinajstić information content (AvgIpc) is 2.98. The summed E-state index contributed by atoms with van der Waals surface area (Å²) in [5, 5.41) is 0.669. The summed E-state index contributed by atoms with van der Waals surface area (Å²) in [6.45, 7) is 4.91. The van der Waals surface area contributed by atoms with Gasteiger partial charge in [-0.15, -0.1) is 11.3 Å². The Bertz CT molecular complexity index is 1020. The van der Waals surface area contributed by atoms with Gasteiger partial charge < -0.3 is 5.73 Å². The molecule has 2 aromatic carbocycles. The van der Waals surface area contributed by atoms with E-state index in [0.717, 1.165) is 36.3 Å². The van der Waals surface area contributed by atoms with Crippen LogP contribution in [0, 0.1) is 0 Å². The normalized spacial score (nSPS) is 21.3. The molecule has 0 bridgehead atoms. The van der Waals surface area contributed by atoms with Crippen molar-refractivity contribution in [2.45, 2.75) is 25.4 Å². The Balaban J connectivity index is 1.65. The Morgan fingerprint density at radius 1 is 1.12 bits per heavy atom.